The number of rotatable bonds is 4. The summed E-state index contributed by atoms with van der Waals surface area (Å²) in [5.41, 5.74) is 8.48. The van der Waals surface area contributed by atoms with E-state index in [-0.39, 0.29) is 11.4 Å². The second-order valence-electron chi connectivity index (χ2n) is 3.40. The molecule has 0 atom stereocenters. The van der Waals surface area contributed by atoms with E-state index in [2.05, 4.69) is 15.0 Å². The zero-order chi connectivity index (χ0) is 13.7. The molecule has 8 heteroatoms. The first-order chi connectivity index (χ1) is 9.19. The molecule has 0 saturated carbocycles. The summed E-state index contributed by atoms with van der Waals surface area (Å²) in [6, 6.07) is 9.60. The number of hydrogen-bond acceptors (Lipinski definition) is 5. The smallest absolute Gasteiger partial charge is 0.258 e. The molecule has 0 aliphatic carbocycles. The lowest BCUT2D eigenvalue weighted by atomic mass is 10.3. The molecule has 2 rings (SSSR count). The average molecular weight is 273 g/mol. The number of azide groups is 1. The molecule has 0 aliphatic heterocycles. The largest absolute Gasteiger partial charge is 0.271 e. The number of non-ortho nitro benzene ring substituents is 1. The van der Waals surface area contributed by atoms with E-state index in [4.69, 9.17) is 5.53 Å². The standard InChI is InChI=1S/C11H7N5O2S/c12-15-14-8-5-9(16(17)18)7-10(6-8)19-11-3-1-2-4-13-11/h1-7H. The Balaban J connectivity index is 2.39. The van der Waals surface area contributed by atoms with Crippen molar-refractivity contribution in [1.29, 1.82) is 0 Å². The molecule has 0 saturated heterocycles. The highest BCUT2D eigenvalue weighted by Gasteiger charge is 2.10. The van der Waals surface area contributed by atoms with Crippen LogP contribution in [0.3, 0.4) is 0 Å². The van der Waals surface area contributed by atoms with Gasteiger partial charge in [0, 0.05) is 33.8 Å². The fourth-order valence-corrected chi connectivity index (χ4v) is 2.23. The number of benzene rings is 1. The highest BCUT2D eigenvalue weighted by atomic mass is 32.2. The highest BCUT2D eigenvalue weighted by molar-refractivity contribution is 7.99. The minimum Gasteiger partial charge on any atom is -0.258 e. The van der Waals surface area contributed by atoms with Crippen LogP contribution in [0.2, 0.25) is 0 Å². The number of nitrogens with zero attached hydrogens (tertiary/aromatic N) is 5. The first kappa shape index (κ1) is 12.9. The highest BCUT2D eigenvalue weighted by Crippen LogP contribution is 2.32. The molecule has 0 bridgehead atoms. The third-order valence-electron chi connectivity index (χ3n) is 2.11. The van der Waals surface area contributed by atoms with Gasteiger partial charge in [-0.3, -0.25) is 10.1 Å². The van der Waals surface area contributed by atoms with Gasteiger partial charge in [0.05, 0.1) is 4.92 Å². The molecule has 19 heavy (non-hydrogen) atoms. The van der Waals surface area contributed by atoms with Gasteiger partial charge >= 0.3 is 0 Å². The number of hydrogen-bond donors (Lipinski definition) is 0. The summed E-state index contributed by atoms with van der Waals surface area (Å²) in [6.07, 6.45) is 1.63. The molecule has 2 aromatic rings. The number of nitro benzene ring substituents is 1. The van der Waals surface area contributed by atoms with Crippen molar-refractivity contribution in [3.63, 3.8) is 0 Å². The number of nitro groups is 1. The third kappa shape index (κ3) is 3.44. The van der Waals surface area contributed by atoms with Crippen LogP contribution in [0, 0.1) is 10.1 Å². The molecule has 94 valence electrons. The summed E-state index contributed by atoms with van der Waals surface area (Å²) >= 11 is 1.26. The lowest BCUT2D eigenvalue weighted by Crippen LogP contribution is -1.88. The molecule has 1 heterocycles. The lowest BCUT2D eigenvalue weighted by molar-refractivity contribution is -0.385. The molecule has 7 nitrogen and oxygen atoms in total. The molecule has 0 radical (unpaired) electrons. The van der Waals surface area contributed by atoms with Crippen molar-refractivity contribution in [1.82, 2.24) is 4.98 Å². The Kier molecular flexibility index (Phi) is 3.97. The normalized spacial score (nSPS) is 9.68. The second-order valence-corrected chi connectivity index (χ2v) is 4.50. The van der Waals surface area contributed by atoms with Crippen LogP contribution in [-0.2, 0) is 0 Å². The quantitative estimate of drug-likeness (QED) is 0.275. The molecule has 0 fully saturated rings. The Bertz CT molecular complexity index is 635. The van der Waals surface area contributed by atoms with Crippen molar-refractivity contribution in [2.75, 3.05) is 0 Å². The molecular weight excluding hydrogens is 266 g/mol. The topological polar surface area (TPSA) is 105 Å². The Morgan fingerprint density at radius 3 is 2.84 bits per heavy atom. The van der Waals surface area contributed by atoms with Crippen LogP contribution >= 0.6 is 11.8 Å². The van der Waals surface area contributed by atoms with E-state index in [1.807, 2.05) is 6.07 Å². The van der Waals surface area contributed by atoms with E-state index in [0.29, 0.717) is 9.92 Å². The summed E-state index contributed by atoms with van der Waals surface area (Å²) in [7, 11) is 0. The molecule has 0 unspecified atom stereocenters. The van der Waals surface area contributed by atoms with Crippen LogP contribution in [0.15, 0.2) is 57.6 Å². The van der Waals surface area contributed by atoms with Crippen molar-refractivity contribution in [3.8, 4) is 0 Å². The van der Waals surface area contributed by atoms with E-state index in [0.717, 1.165) is 0 Å². The molecule has 1 aromatic heterocycles. The van der Waals surface area contributed by atoms with Gasteiger partial charge < -0.3 is 0 Å². The Morgan fingerprint density at radius 1 is 1.37 bits per heavy atom. The summed E-state index contributed by atoms with van der Waals surface area (Å²) in [4.78, 5) is 17.6. The fourth-order valence-electron chi connectivity index (χ4n) is 1.37. The summed E-state index contributed by atoms with van der Waals surface area (Å²) in [6.45, 7) is 0. The van der Waals surface area contributed by atoms with Crippen LogP contribution in [0.25, 0.3) is 10.4 Å². The van der Waals surface area contributed by atoms with Crippen LogP contribution in [-0.4, -0.2) is 9.91 Å². The van der Waals surface area contributed by atoms with Gasteiger partial charge in [-0.25, -0.2) is 4.98 Å². The predicted molar refractivity (Wildman–Crippen MR) is 70.3 cm³/mol. The van der Waals surface area contributed by atoms with Gasteiger partial charge in [-0.1, -0.05) is 22.9 Å². The van der Waals surface area contributed by atoms with Gasteiger partial charge in [0.15, 0.2) is 0 Å². The van der Waals surface area contributed by atoms with Crippen molar-refractivity contribution in [2.24, 2.45) is 5.11 Å². The molecule has 0 aliphatic rings. The lowest BCUT2D eigenvalue weighted by Gasteiger charge is -2.02. The number of aromatic nitrogens is 1. The molecule has 0 spiro atoms. The van der Waals surface area contributed by atoms with Gasteiger partial charge in [0.25, 0.3) is 5.69 Å². The maximum atomic E-state index is 10.8. The van der Waals surface area contributed by atoms with E-state index in [9.17, 15) is 10.1 Å². The Hall–Kier alpha value is -2.57. The first-order valence-corrected chi connectivity index (χ1v) is 5.94. The molecule has 0 amide bonds. The van der Waals surface area contributed by atoms with Gasteiger partial charge in [0.1, 0.15) is 5.03 Å². The summed E-state index contributed by atoms with van der Waals surface area (Å²) < 4.78 is 0. The van der Waals surface area contributed by atoms with Crippen molar-refractivity contribution in [3.05, 3.63) is 63.2 Å². The monoisotopic (exact) mass is 273 g/mol. The zero-order valence-corrected chi connectivity index (χ0v) is 10.3. The minimum absolute atomic E-state index is 0.122. The van der Waals surface area contributed by atoms with Crippen molar-refractivity contribution in [2.45, 2.75) is 9.92 Å². The summed E-state index contributed by atoms with van der Waals surface area (Å²) in [5.74, 6) is 0. The van der Waals surface area contributed by atoms with E-state index in [1.54, 1.807) is 24.4 Å². The molecule has 0 N–H and O–H groups in total. The van der Waals surface area contributed by atoms with Crippen LogP contribution in [0.1, 0.15) is 0 Å². The third-order valence-corrected chi connectivity index (χ3v) is 3.03. The molecular formula is C11H7N5O2S. The SMILES string of the molecule is [N-]=[N+]=Nc1cc(Sc2ccccn2)cc([N+](=O)[O-])c1. The fraction of sp³-hybridized carbons (Fsp3) is 0. The van der Waals surface area contributed by atoms with Crippen molar-refractivity contribution < 1.29 is 4.92 Å². The van der Waals surface area contributed by atoms with E-state index < -0.39 is 4.92 Å². The predicted octanol–water partition coefficient (Wildman–Crippen LogP) is 4.08. The van der Waals surface area contributed by atoms with Gasteiger partial charge in [-0.05, 0) is 23.7 Å². The van der Waals surface area contributed by atoms with Gasteiger partial charge in [-0.15, -0.1) is 0 Å². The average Bonchev–Trinajstić information content (AvgIpc) is 2.40. The maximum absolute atomic E-state index is 10.8. The Morgan fingerprint density at radius 2 is 2.21 bits per heavy atom. The van der Waals surface area contributed by atoms with Crippen molar-refractivity contribution >= 4 is 23.1 Å². The maximum Gasteiger partial charge on any atom is 0.271 e. The van der Waals surface area contributed by atoms with Crippen LogP contribution < -0.4 is 0 Å². The van der Waals surface area contributed by atoms with Crippen LogP contribution in [0.4, 0.5) is 11.4 Å². The van der Waals surface area contributed by atoms with Gasteiger partial charge in [-0.2, -0.15) is 0 Å². The van der Waals surface area contributed by atoms with Gasteiger partial charge in [0.2, 0.25) is 0 Å². The van der Waals surface area contributed by atoms with E-state index in [1.165, 1.54) is 23.9 Å². The first-order valence-electron chi connectivity index (χ1n) is 5.12. The molecule has 1 aromatic carbocycles. The second kappa shape index (κ2) is 5.85. The van der Waals surface area contributed by atoms with E-state index >= 15 is 0 Å². The van der Waals surface area contributed by atoms with Crippen LogP contribution in [0.5, 0.6) is 0 Å². The Labute approximate surface area is 112 Å². The zero-order valence-electron chi connectivity index (χ0n) is 9.50. The minimum atomic E-state index is -0.529. The number of pyridine rings is 1. The summed E-state index contributed by atoms with van der Waals surface area (Å²) in [5, 5.41) is 14.9.